The van der Waals surface area contributed by atoms with E-state index < -0.39 is 0 Å². The lowest BCUT2D eigenvalue weighted by atomic mass is 10.2. The number of rotatable bonds is 5. The van der Waals surface area contributed by atoms with E-state index in [1.165, 1.54) is 6.21 Å². The zero-order valence-corrected chi connectivity index (χ0v) is 11.1. The molecule has 2 aromatic rings. The van der Waals surface area contributed by atoms with Gasteiger partial charge in [-0.2, -0.15) is 5.10 Å². The smallest absolute Gasteiger partial charge is 0.275 e. The van der Waals surface area contributed by atoms with E-state index in [0.717, 1.165) is 0 Å². The van der Waals surface area contributed by atoms with Crippen molar-refractivity contribution in [3.8, 4) is 5.75 Å². The number of carbonyl (C=O) groups excluding carboxylic acids is 1. The molecule has 0 unspecified atom stereocenters. The topological polar surface area (TPSA) is 63.6 Å². The van der Waals surface area contributed by atoms with Crippen molar-refractivity contribution in [2.24, 2.45) is 5.10 Å². The Morgan fingerprint density at radius 1 is 1.30 bits per heavy atom. The molecular formula is C15H15N3O2. The lowest BCUT2D eigenvalue weighted by molar-refractivity contribution is 0.0951. The van der Waals surface area contributed by atoms with Gasteiger partial charge in [-0.05, 0) is 31.2 Å². The zero-order valence-electron chi connectivity index (χ0n) is 11.1. The van der Waals surface area contributed by atoms with Crippen LogP contribution in [0.2, 0.25) is 0 Å². The van der Waals surface area contributed by atoms with Crippen molar-refractivity contribution in [3.63, 3.8) is 0 Å². The van der Waals surface area contributed by atoms with Crippen molar-refractivity contribution in [3.05, 3.63) is 59.9 Å². The number of hydrazone groups is 1. The van der Waals surface area contributed by atoms with Crippen LogP contribution < -0.4 is 10.2 Å². The van der Waals surface area contributed by atoms with Crippen LogP contribution in [0.25, 0.3) is 0 Å². The van der Waals surface area contributed by atoms with Gasteiger partial charge in [-0.3, -0.25) is 9.78 Å². The molecule has 1 aromatic heterocycles. The molecule has 0 spiro atoms. The second kappa shape index (κ2) is 7.04. The average Bonchev–Trinajstić information content (AvgIpc) is 2.49. The minimum atomic E-state index is -0.318. The molecule has 0 aliphatic heterocycles. The molecule has 1 N–H and O–H groups in total. The van der Waals surface area contributed by atoms with E-state index in [2.05, 4.69) is 15.5 Å². The predicted octanol–water partition coefficient (Wildman–Crippen LogP) is 2.24. The van der Waals surface area contributed by atoms with Gasteiger partial charge in [-0.25, -0.2) is 5.43 Å². The quantitative estimate of drug-likeness (QED) is 0.669. The van der Waals surface area contributed by atoms with Gasteiger partial charge >= 0.3 is 0 Å². The summed E-state index contributed by atoms with van der Waals surface area (Å²) in [6, 6.07) is 12.5. The molecular weight excluding hydrogens is 254 g/mol. The Labute approximate surface area is 117 Å². The number of nitrogens with zero attached hydrogens (tertiary/aromatic N) is 2. The first-order valence-electron chi connectivity index (χ1n) is 6.27. The SMILES string of the molecule is CCOc1ccccc1C(=O)NN=Cc1ccccn1. The molecule has 0 fully saturated rings. The van der Waals surface area contributed by atoms with Crippen LogP contribution in [-0.2, 0) is 0 Å². The van der Waals surface area contributed by atoms with E-state index in [1.807, 2.05) is 25.1 Å². The Morgan fingerprint density at radius 3 is 2.85 bits per heavy atom. The van der Waals surface area contributed by atoms with Crippen LogP contribution in [0.4, 0.5) is 0 Å². The van der Waals surface area contributed by atoms with Gasteiger partial charge in [0.1, 0.15) is 5.75 Å². The minimum absolute atomic E-state index is 0.318. The molecule has 1 aromatic carbocycles. The number of amides is 1. The third kappa shape index (κ3) is 3.65. The molecule has 1 amide bonds. The molecule has 0 radical (unpaired) electrons. The van der Waals surface area contributed by atoms with Crippen LogP contribution in [0.3, 0.4) is 0 Å². The number of nitrogens with one attached hydrogen (secondary N) is 1. The first-order chi connectivity index (χ1) is 9.81. The van der Waals surface area contributed by atoms with Crippen molar-refractivity contribution < 1.29 is 9.53 Å². The van der Waals surface area contributed by atoms with E-state index in [9.17, 15) is 4.79 Å². The van der Waals surface area contributed by atoms with E-state index in [0.29, 0.717) is 23.6 Å². The van der Waals surface area contributed by atoms with Crippen molar-refractivity contribution in [2.45, 2.75) is 6.92 Å². The van der Waals surface area contributed by atoms with Gasteiger partial charge in [0.05, 0.1) is 24.1 Å². The summed E-state index contributed by atoms with van der Waals surface area (Å²) >= 11 is 0. The maximum Gasteiger partial charge on any atom is 0.275 e. The summed E-state index contributed by atoms with van der Waals surface area (Å²) in [6.07, 6.45) is 3.15. The summed E-state index contributed by atoms with van der Waals surface area (Å²) in [7, 11) is 0. The Kier molecular flexibility index (Phi) is 4.83. The third-order valence-corrected chi connectivity index (χ3v) is 2.48. The Balaban J connectivity index is 2.04. The second-order valence-electron chi connectivity index (χ2n) is 3.88. The molecule has 20 heavy (non-hydrogen) atoms. The molecule has 102 valence electrons. The van der Waals surface area contributed by atoms with Crippen LogP contribution >= 0.6 is 0 Å². The van der Waals surface area contributed by atoms with Crippen LogP contribution in [-0.4, -0.2) is 23.7 Å². The summed E-state index contributed by atoms with van der Waals surface area (Å²) in [5.74, 6) is 0.224. The summed E-state index contributed by atoms with van der Waals surface area (Å²) in [5.41, 5.74) is 3.58. The molecule has 0 saturated carbocycles. The predicted molar refractivity (Wildman–Crippen MR) is 76.9 cm³/mol. The molecule has 0 aliphatic carbocycles. The Bertz CT molecular complexity index is 597. The van der Waals surface area contributed by atoms with Crippen molar-refractivity contribution >= 4 is 12.1 Å². The normalized spacial score (nSPS) is 10.4. The molecule has 5 heteroatoms. The first-order valence-corrected chi connectivity index (χ1v) is 6.27. The number of benzene rings is 1. The fraction of sp³-hybridized carbons (Fsp3) is 0.133. The summed E-state index contributed by atoms with van der Waals surface area (Å²) in [5, 5.41) is 3.88. The molecule has 2 rings (SSSR count). The van der Waals surface area contributed by atoms with Crippen molar-refractivity contribution in [1.29, 1.82) is 0 Å². The molecule has 0 aliphatic rings. The maximum absolute atomic E-state index is 12.0. The van der Waals surface area contributed by atoms with Crippen LogP contribution in [0.5, 0.6) is 5.75 Å². The average molecular weight is 269 g/mol. The van der Waals surface area contributed by atoms with Gasteiger partial charge in [0, 0.05) is 6.20 Å². The molecule has 0 atom stereocenters. The zero-order chi connectivity index (χ0) is 14.2. The summed E-state index contributed by atoms with van der Waals surface area (Å²) in [6.45, 7) is 2.37. The lowest BCUT2D eigenvalue weighted by Gasteiger charge is -2.07. The highest BCUT2D eigenvalue weighted by Gasteiger charge is 2.10. The molecule has 5 nitrogen and oxygen atoms in total. The number of para-hydroxylation sites is 1. The fourth-order valence-corrected chi connectivity index (χ4v) is 1.61. The second-order valence-corrected chi connectivity index (χ2v) is 3.88. The van der Waals surface area contributed by atoms with Crippen molar-refractivity contribution in [2.75, 3.05) is 6.61 Å². The highest BCUT2D eigenvalue weighted by Crippen LogP contribution is 2.17. The summed E-state index contributed by atoms with van der Waals surface area (Å²) in [4.78, 5) is 16.1. The molecule has 1 heterocycles. The summed E-state index contributed by atoms with van der Waals surface area (Å²) < 4.78 is 5.40. The third-order valence-electron chi connectivity index (χ3n) is 2.48. The maximum atomic E-state index is 12.0. The Morgan fingerprint density at radius 2 is 2.10 bits per heavy atom. The van der Waals surface area contributed by atoms with Crippen LogP contribution in [0, 0.1) is 0 Å². The molecule has 0 bridgehead atoms. The van der Waals surface area contributed by atoms with E-state index in [4.69, 9.17) is 4.74 Å². The number of carbonyl (C=O) groups is 1. The van der Waals surface area contributed by atoms with Gasteiger partial charge in [0.2, 0.25) is 0 Å². The van der Waals surface area contributed by atoms with Gasteiger partial charge in [0.25, 0.3) is 5.91 Å². The van der Waals surface area contributed by atoms with E-state index in [1.54, 1.807) is 30.5 Å². The standard InChI is InChI=1S/C15H15N3O2/c1-2-20-14-9-4-3-8-13(14)15(19)18-17-11-12-7-5-6-10-16-12/h3-11H,2H2,1H3,(H,18,19). The molecule has 0 saturated heterocycles. The number of hydrogen-bond donors (Lipinski definition) is 1. The number of aromatic nitrogens is 1. The monoisotopic (exact) mass is 269 g/mol. The highest BCUT2D eigenvalue weighted by atomic mass is 16.5. The largest absolute Gasteiger partial charge is 0.493 e. The lowest BCUT2D eigenvalue weighted by Crippen LogP contribution is -2.18. The van der Waals surface area contributed by atoms with E-state index in [-0.39, 0.29) is 5.91 Å². The van der Waals surface area contributed by atoms with Gasteiger partial charge in [-0.15, -0.1) is 0 Å². The van der Waals surface area contributed by atoms with Crippen molar-refractivity contribution in [1.82, 2.24) is 10.4 Å². The van der Waals surface area contributed by atoms with Gasteiger partial charge in [-0.1, -0.05) is 18.2 Å². The van der Waals surface area contributed by atoms with Crippen LogP contribution in [0.15, 0.2) is 53.8 Å². The number of pyridine rings is 1. The first kappa shape index (κ1) is 13.7. The Hall–Kier alpha value is -2.69. The van der Waals surface area contributed by atoms with Gasteiger partial charge < -0.3 is 4.74 Å². The number of ether oxygens (including phenoxy) is 1. The van der Waals surface area contributed by atoms with E-state index >= 15 is 0 Å². The van der Waals surface area contributed by atoms with Gasteiger partial charge in [0.15, 0.2) is 0 Å². The number of hydrogen-bond acceptors (Lipinski definition) is 4. The fourth-order valence-electron chi connectivity index (χ4n) is 1.61. The van der Waals surface area contributed by atoms with Crippen LogP contribution in [0.1, 0.15) is 23.0 Å². The minimum Gasteiger partial charge on any atom is -0.493 e. The highest BCUT2D eigenvalue weighted by molar-refractivity contribution is 5.97.